The highest BCUT2D eigenvalue weighted by molar-refractivity contribution is 9.10. The lowest BCUT2D eigenvalue weighted by atomic mass is 9.97. The smallest absolute Gasteiger partial charge is 0.291 e. The Morgan fingerprint density at radius 3 is 2.38 bits per heavy atom. The van der Waals surface area contributed by atoms with E-state index in [9.17, 15) is 9.59 Å². The molecule has 0 spiro atoms. The van der Waals surface area contributed by atoms with Gasteiger partial charge in [-0.25, -0.2) is 0 Å². The number of rotatable bonds is 3. The van der Waals surface area contributed by atoms with E-state index in [0.29, 0.717) is 23.1 Å². The molecule has 2 heterocycles. The van der Waals surface area contributed by atoms with Crippen LogP contribution in [0.3, 0.4) is 0 Å². The normalized spacial score (nSPS) is 15.4. The Kier molecular flexibility index (Phi) is 5.01. The van der Waals surface area contributed by atoms with Gasteiger partial charge in [-0.2, -0.15) is 0 Å². The van der Waals surface area contributed by atoms with Crippen molar-refractivity contribution in [3.63, 3.8) is 0 Å². The molecule has 5 rings (SSSR count). The summed E-state index contributed by atoms with van der Waals surface area (Å²) in [6, 6.07) is 19.0. The Bertz CT molecular complexity index is 1440. The molecule has 3 aromatic carbocycles. The maximum atomic E-state index is 13.7. The number of hydrogen-bond acceptors (Lipinski definition) is 3. The fourth-order valence-corrected chi connectivity index (χ4v) is 4.77. The van der Waals surface area contributed by atoms with Crippen molar-refractivity contribution < 1.29 is 9.21 Å². The predicted molar refractivity (Wildman–Crippen MR) is 129 cm³/mol. The van der Waals surface area contributed by atoms with Crippen LogP contribution in [0.1, 0.15) is 50.0 Å². The Hall–Kier alpha value is -3.18. The third kappa shape index (κ3) is 3.37. The zero-order valence-electron chi connectivity index (χ0n) is 18.1. The fourth-order valence-electron chi connectivity index (χ4n) is 4.35. The summed E-state index contributed by atoms with van der Waals surface area (Å²) in [6.45, 7) is 6.36. The minimum Gasteiger partial charge on any atom is -0.450 e. The van der Waals surface area contributed by atoms with Crippen molar-refractivity contribution in [1.82, 2.24) is 4.90 Å². The molecule has 1 aliphatic rings. The van der Waals surface area contributed by atoms with Crippen LogP contribution in [0, 0.1) is 20.8 Å². The fraction of sp³-hybridized carbons (Fsp3) is 0.185. The number of hydrogen-bond donors (Lipinski definition) is 0. The van der Waals surface area contributed by atoms with Gasteiger partial charge in [-0.05, 0) is 67.3 Å². The summed E-state index contributed by atoms with van der Waals surface area (Å²) in [7, 11) is 0. The maximum absolute atomic E-state index is 13.7. The molecule has 0 aliphatic carbocycles. The number of nitrogens with zero attached hydrogens (tertiary/aromatic N) is 1. The van der Waals surface area contributed by atoms with Crippen LogP contribution in [-0.2, 0) is 6.54 Å². The van der Waals surface area contributed by atoms with Gasteiger partial charge < -0.3 is 9.32 Å². The van der Waals surface area contributed by atoms with Crippen LogP contribution < -0.4 is 5.43 Å². The minimum atomic E-state index is -0.515. The van der Waals surface area contributed by atoms with E-state index < -0.39 is 6.04 Å². The largest absolute Gasteiger partial charge is 0.450 e. The summed E-state index contributed by atoms with van der Waals surface area (Å²) in [5.74, 6) is -0.120. The molecule has 5 heteroatoms. The van der Waals surface area contributed by atoms with E-state index in [0.717, 1.165) is 32.3 Å². The lowest BCUT2D eigenvalue weighted by molar-refractivity contribution is 0.0714. The van der Waals surface area contributed by atoms with Crippen LogP contribution in [0.25, 0.3) is 11.0 Å². The van der Waals surface area contributed by atoms with Gasteiger partial charge in [-0.1, -0.05) is 57.9 Å². The number of carbonyl (C=O) groups is 1. The summed E-state index contributed by atoms with van der Waals surface area (Å²) >= 11 is 3.53. The molecule has 160 valence electrons. The zero-order chi connectivity index (χ0) is 22.6. The molecule has 32 heavy (non-hydrogen) atoms. The van der Waals surface area contributed by atoms with Crippen LogP contribution in [0.2, 0.25) is 0 Å². The number of halogens is 1. The third-order valence-corrected chi connectivity index (χ3v) is 6.71. The van der Waals surface area contributed by atoms with Gasteiger partial charge in [0, 0.05) is 11.0 Å². The molecule has 0 saturated heterocycles. The molecule has 0 unspecified atom stereocenters. The molecule has 0 fully saturated rings. The number of fused-ring (bicyclic) bond motifs is 2. The summed E-state index contributed by atoms with van der Waals surface area (Å²) in [5, 5.41) is 0.511. The predicted octanol–water partition coefficient (Wildman–Crippen LogP) is 6.23. The first-order chi connectivity index (χ1) is 15.3. The van der Waals surface area contributed by atoms with Gasteiger partial charge in [-0.3, -0.25) is 9.59 Å². The second-order valence-corrected chi connectivity index (χ2v) is 9.40. The molecule has 1 atom stereocenters. The highest BCUT2D eigenvalue weighted by Gasteiger charge is 2.42. The average molecular weight is 488 g/mol. The molecule has 1 aromatic heterocycles. The van der Waals surface area contributed by atoms with Gasteiger partial charge in [-0.15, -0.1) is 0 Å². The first-order valence-corrected chi connectivity index (χ1v) is 11.3. The number of benzene rings is 3. The molecule has 4 aromatic rings. The second-order valence-electron chi connectivity index (χ2n) is 8.48. The quantitative estimate of drug-likeness (QED) is 0.344. The van der Waals surface area contributed by atoms with Crippen LogP contribution in [-0.4, -0.2) is 10.8 Å². The standard InChI is InChI=1S/C27H22BrNO3/c1-15-7-9-18(10-8-15)14-29-24(19-5-4-6-20(28)13-19)23-25(30)21-11-16(2)17(3)12-22(21)32-26(23)27(29)31/h4-13,24H,14H2,1-3H3/t24-/m1/s1. The summed E-state index contributed by atoms with van der Waals surface area (Å²) in [5.41, 5.74) is 5.78. The molecule has 0 radical (unpaired) electrons. The van der Waals surface area contributed by atoms with E-state index in [4.69, 9.17) is 4.42 Å². The van der Waals surface area contributed by atoms with Crippen molar-refractivity contribution in [2.45, 2.75) is 33.4 Å². The first kappa shape index (κ1) is 20.7. The van der Waals surface area contributed by atoms with Gasteiger partial charge in [0.05, 0.1) is 17.0 Å². The molecule has 1 aliphatic heterocycles. The van der Waals surface area contributed by atoms with E-state index in [2.05, 4.69) is 15.9 Å². The second kappa shape index (κ2) is 7.75. The number of aryl methyl sites for hydroxylation is 3. The number of amides is 1. The molecular weight excluding hydrogens is 466 g/mol. The Morgan fingerprint density at radius 1 is 0.938 bits per heavy atom. The highest BCUT2D eigenvalue weighted by atomic mass is 79.9. The van der Waals surface area contributed by atoms with Gasteiger partial charge in [0.1, 0.15) is 5.58 Å². The van der Waals surface area contributed by atoms with Crippen LogP contribution in [0.5, 0.6) is 0 Å². The van der Waals surface area contributed by atoms with Crippen molar-refractivity contribution in [1.29, 1.82) is 0 Å². The third-order valence-electron chi connectivity index (χ3n) is 6.22. The Labute approximate surface area is 194 Å². The van der Waals surface area contributed by atoms with Crippen LogP contribution in [0.4, 0.5) is 0 Å². The zero-order valence-corrected chi connectivity index (χ0v) is 19.7. The van der Waals surface area contributed by atoms with Crippen molar-refractivity contribution >= 4 is 32.8 Å². The molecule has 0 bridgehead atoms. The van der Waals surface area contributed by atoms with Gasteiger partial charge in [0.25, 0.3) is 5.91 Å². The summed E-state index contributed by atoms with van der Waals surface area (Å²) in [6.07, 6.45) is 0. The van der Waals surface area contributed by atoms with Crippen molar-refractivity contribution in [2.24, 2.45) is 0 Å². The van der Waals surface area contributed by atoms with Gasteiger partial charge >= 0.3 is 0 Å². The molecule has 4 nitrogen and oxygen atoms in total. The van der Waals surface area contributed by atoms with Crippen molar-refractivity contribution in [2.75, 3.05) is 0 Å². The lowest BCUT2D eigenvalue weighted by Gasteiger charge is -2.25. The van der Waals surface area contributed by atoms with E-state index >= 15 is 0 Å². The lowest BCUT2D eigenvalue weighted by Crippen LogP contribution is -2.29. The highest BCUT2D eigenvalue weighted by Crippen LogP contribution is 2.40. The van der Waals surface area contributed by atoms with Crippen molar-refractivity contribution in [3.8, 4) is 0 Å². The monoisotopic (exact) mass is 487 g/mol. The molecule has 1 amide bonds. The maximum Gasteiger partial charge on any atom is 0.291 e. The van der Waals surface area contributed by atoms with E-state index in [-0.39, 0.29) is 17.1 Å². The van der Waals surface area contributed by atoms with Crippen LogP contribution >= 0.6 is 15.9 Å². The summed E-state index contributed by atoms with van der Waals surface area (Å²) in [4.78, 5) is 29.0. The number of carbonyl (C=O) groups excluding carboxylic acids is 1. The van der Waals surface area contributed by atoms with E-state index in [1.54, 1.807) is 4.90 Å². The summed E-state index contributed by atoms with van der Waals surface area (Å²) < 4.78 is 6.99. The molecule has 0 saturated carbocycles. The van der Waals surface area contributed by atoms with E-state index in [1.807, 2.05) is 81.4 Å². The Morgan fingerprint density at radius 2 is 1.66 bits per heavy atom. The molecule has 0 N–H and O–H groups in total. The van der Waals surface area contributed by atoms with Crippen molar-refractivity contribution in [3.05, 3.63) is 115 Å². The van der Waals surface area contributed by atoms with Gasteiger partial charge in [0.2, 0.25) is 5.76 Å². The molecular formula is C27H22BrNO3. The van der Waals surface area contributed by atoms with E-state index in [1.165, 1.54) is 0 Å². The Balaban J connectivity index is 1.74. The average Bonchev–Trinajstić information content (AvgIpc) is 3.03. The van der Waals surface area contributed by atoms with Crippen LogP contribution in [0.15, 0.2) is 74.3 Å². The minimum absolute atomic E-state index is 0.142. The SMILES string of the molecule is Cc1ccc(CN2C(=O)c3oc4cc(C)c(C)cc4c(=O)c3[C@H]2c2cccc(Br)c2)cc1. The van der Waals surface area contributed by atoms with Gasteiger partial charge in [0.15, 0.2) is 5.43 Å². The first-order valence-electron chi connectivity index (χ1n) is 10.5. The topological polar surface area (TPSA) is 50.5 Å².